The van der Waals surface area contributed by atoms with Crippen LogP contribution in [0.1, 0.15) is 36.9 Å². The number of aromatic nitrogens is 3. The van der Waals surface area contributed by atoms with Crippen molar-refractivity contribution in [2.75, 3.05) is 11.1 Å². The number of anilines is 1. The van der Waals surface area contributed by atoms with Crippen LogP contribution in [0.5, 0.6) is 5.75 Å². The van der Waals surface area contributed by atoms with E-state index < -0.39 is 0 Å². The van der Waals surface area contributed by atoms with Gasteiger partial charge in [0.25, 0.3) is 0 Å². The van der Waals surface area contributed by atoms with Crippen molar-refractivity contribution in [2.24, 2.45) is 0 Å². The second-order valence-corrected chi connectivity index (χ2v) is 8.84. The van der Waals surface area contributed by atoms with Crippen molar-refractivity contribution in [2.45, 2.75) is 45.5 Å². The summed E-state index contributed by atoms with van der Waals surface area (Å²) < 4.78 is 8.10. The number of nitrogens with one attached hydrogen (secondary N) is 1. The maximum atomic E-state index is 12.3. The number of hydrogen-bond donors (Lipinski definition) is 1. The Balaban J connectivity index is 1.65. The Bertz CT molecular complexity index is 1090. The van der Waals surface area contributed by atoms with Crippen molar-refractivity contribution in [3.05, 3.63) is 63.4 Å². The smallest absolute Gasteiger partial charge is 0.234 e. The first-order valence-corrected chi connectivity index (χ1v) is 11.6. The van der Waals surface area contributed by atoms with E-state index in [4.69, 9.17) is 27.9 Å². The highest BCUT2D eigenvalue weighted by Crippen LogP contribution is 2.28. The van der Waals surface area contributed by atoms with Gasteiger partial charge in [-0.2, -0.15) is 0 Å². The lowest BCUT2D eigenvalue weighted by molar-refractivity contribution is -0.113. The lowest BCUT2D eigenvalue weighted by Gasteiger charge is -2.17. The number of amides is 1. The number of ether oxygens (including phenoxy) is 1. The molecule has 0 bridgehead atoms. The molecule has 0 spiro atoms. The molecule has 31 heavy (non-hydrogen) atoms. The molecule has 1 N–H and O–H groups in total. The van der Waals surface area contributed by atoms with Gasteiger partial charge in [0.15, 0.2) is 17.1 Å². The average molecular weight is 479 g/mol. The molecule has 1 heterocycles. The zero-order valence-corrected chi connectivity index (χ0v) is 20.1. The molecule has 1 aromatic heterocycles. The van der Waals surface area contributed by atoms with Gasteiger partial charge in [0, 0.05) is 12.2 Å². The minimum atomic E-state index is -0.284. The largest absolute Gasteiger partial charge is 0.482 e. The number of benzene rings is 2. The van der Waals surface area contributed by atoms with Crippen LogP contribution in [0.3, 0.4) is 0 Å². The SMILES string of the molecule is CCn1c(SCC(=O)Nc2ccc(Cl)c(Cl)c2)nnc1C(C)Oc1ccc(C)cc1C. The topological polar surface area (TPSA) is 69.0 Å². The first-order chi connectivity index (χ1) is 14.8. The van der Waals surface area contributed by atoms with Crippen LogP contribution in [0.15, 0.2) is 41.6 Å². The summed E-state index contributed by atoms with van der Waals surface area (Å²) in [5.41, 5.74) is 2.85. The summed E-state index contributed by atoms with van der Waals surface area (Å²) in [5.74, 6) is 1.55. The van der Waals surface area contributed by atoms with Gasteiger partial charge in [0.05, 0.1) is 15.8 Å². The Morgan fingerprint density at radius 2 is 1.94 bits per heavy atom. The highest BCUT2D eigenvalue weighted by molar-refractivity contribution is 7.99. The number of rotatable bonds is 8. The van der Waals surface area contributed by atoms with Crippen LogP contribution in [0.4, 0.5) is 5.69 Å². The molecule has 3 rings (SSSR count). The third-order valence-electron chi connectivity index (χ3n) is 4.60. The molecule has 1 amide bonds. The molecule has 9 heteroatoms. The summed E-state index contributed by atoms with van der Waals surface area (Å²) in [6, 6.07) is 11.0. The zero-order valence-electron chi connectivity index (χ0n) is 17.8. The fourth-order valence-electron chi connectivity index (χ4n) is 3.08. The van der Waals surface area contributed by atoms with Crippen LogP contribution in [0.2, 0.25) is 10.0 Å². The predicted molar refractivity (Wildman–Crippen MR) is 126 cm³/mol. The Morgan fingerprint density at radius 3 is 2.61 bits per heavy atom. The highest BCUT2D eigenvalue weighted by atomic mass is 35.5. The summed E-state index contributed by atoms with van der Waals surface area (Å²) in [6.07, 6.45) is -0.284. The van der Waals surface area contributed by atoms with Crippen molar-refractivity contribution >= 4 is 46.6 Å². The van der Waals surface area contributed by atoms with E-state index >= 15 is 0 Å². The van der Waals surface area contributed by atoms with Crippen molar-refractivity contribution in [3.8, 4) is 5.75 Å². The summed E-state index contributed by atoms with van der Waals surface area (Å²) >= 11 is 13.2. The van der Waals surface area contributed by atoms with E-state index in [0.29, 0.717) is 27.4 Å². The third-order valence-corrected chi connectivity index (χ3v) is 6.30. The molecule has 0 saturated heterocycles. The number of halogens is 2. The molecule has 0 saturated carbocycles. The minimum absolute atomic E-state index is 0.171. The van der Waals surface area contributed by atoms with E-state index in [1.54, 1.807) is 18.2 Å². The molecule has 6 nitrogen and oxygen atoms in total. The Morgan fingerprint density at radius 1 is 1.16 bits per heavy atom. The van der Waals surface area contributed by atoms with Gasteiger partial charge >= 0.3 is 0 Å². The lowest BCUT2D eigenvalue weighted by Crippen LogP contribution is -2.15. The number of carbonyl (C=O) groups excluding carboxylic acids is 1. The molecule has 0 radical (unpaired) electrons. The van der Waals surface area contributed by atoms with Crippen LogP contribution in [0, 0.1) is 13.8 Å². The number of aryl methyl sites for hydroxylation is 2. The molecule has 3 aromatic rings. The van der Waals surface area contributed by atoms with E-state index in [2.05, 4.69) is 28.5 Å². The Kier molecular flexibility index (Phi) is 7.86. The van der Waals surface area contributed by atoms with E-state index in [-0.39, 0.29) is 17.8 Å². The van der Waals surface area contributed by atoms with Gasteiger partial charge in [-0.05, 0) is 57.5 Å². The minimum Gasteiger partial charge on any atom is -0.482 e. The molecular weight excluding hydrogens is 455 g/mol. The van der Waals surface area contributed by atoms with Crippen molar-refractivity contribution in [1.82, 2.24) is 14.8 Å². The fraction of sp³-hybridized carbons (Fsp3) is 0.318. The number of hydrogen-bond acceptors (Lipinski definition) is 5. The van der Waals surface area contributed by atoms with Crippen LogP contribution < -0.4 is 10.1 Å². The van der Waals surface area contributed by atoms with Gasteiger partial charge in [0.1, 0.15) is 5.75 Å². The maximum Gasteiger partial charge on any atom is 0.234 e. The molecule has 2 aromatic carbocycles. The highest BCUT2D eigenvalue weighted by Gasteiger charge is 2.20. The monoisotopic (exact) mass is 478 g/mol. The van der Waals surface area contributed by atoms with Crippen molar-refractivity contribution in [3.63, 3.8) is 0 Å². The number of nitrogens with zero attached hydrogens (tertiary/aromatic N) is 3. The first kappa shape index (κ1) is 23.4. The Labute approximate surface area is 196 Å². The molecule has 1 atom stereocenters. The lowest BCUT2D eigenvalue weighted by atomic mass is 10.1. The summed E-state index contributed by atoms with van der Waals surface area (Å²) in [6.45, 7) is 8.69. The summed E-state index contributed by atoms with van der Waals surface area (Å²) in [5, 5.41) is 12.9. The van der Waals surface area contributed by atoms with Crippen molar-refractivity contribution in [1.29, 1.82) is 0 Å². The molecule has 1 unspecified atom stereocenters. The van der Waals surface area contributed by atoms with Gasteiger partial charge in [-0.3, -0.25) is 4.79 Å². The normalized spacial score (nSPS) is 11.9. The van der Waals surface area contributed by atoms with E-state index in [0.717, 1.165) is 17.1 Å². The van der Waals surface area contributed by atoms with Gasteiger partial charge < -0.3 is 14.6 Å². The third kappa shape index (κ3) is 5.93. The van der Waals surface area contributed by atoms with Gasteiger partial charge in [-0.25, -0.2) is 0 Å². The number of carbonyl (C=O) groups is 1. The second kappa shape index (κ2) is 10.4. The van der Waals surface area contributed by atoms with Gasteiger partial charge in [-0.1, -0.05) is 52.7 Å². The zero-order chi connectivity index (χ0) is 22.5. The van der Waals surface area contributed by atoms with Crippen LogP contribution in [-0.2, 0) is 11.3 Å². The molecular formula is C22H24Cl2N4O2S. The van der Waals surface area contributed by atoms with Gasteiger partial charge in [-0.15, -0.1) is 10.2 Å². The van der Waals surface area contributed by atoms with Crippen LogP contribution in [-0.4, -0.2) is 26.4 Å². The fourth-order valence-corrected chi connectivity index (χ4v) is 4.19. The molecule has 164 valence electrons. The summed E-state index contributed by atoms with van der Waals surface area (Å²) in [4.78, 5) is 12.3. The average Bonchev–Trinajstić information content (AvgIpc) is 3.14. The molecule has 0 aliphatic heterocycles. The van der Waals surface area contributed by atoms with Crippen LogP contribution >= 0.6 is 35.0 Å². The van der Waals surface area contributed by atoms with Crippen LogP contribution in [0.25, 0.3) is 0 Å². The van der Waals surface area contributed by atoms with Gasteiger partial charge in [0.2, 0.25) is 5.91 Å². The number of thioether (sulfide) groups is 1. The standard InChI is InChI=1S/C22H24Cl2N4O2S/c1-5-28-21(15(4)30-19-9-6-13(2)10-14(19)3)26-27-22(28)31-12-20(29)25-16-7-8-17(23)18(24)11-16/h6-11,15H,5,12H2,1-4H3,(H,25,29). The van der Waals surface area contributed by atoms with E-state index in [9.17, 15) is 4.79 Å². The summed E-state index contributed by atoms with van der Waals surface area (Å²) in [7, 11) is 0. The van der Waals surface area contributed by atoms with E-state index in [1.165, 1.54) is 17.3 Å². The maximum absolute atomic E-state index is 12.3. The quantitative estimate of drug-likeness (QED) is 0.396. The molecule has 0 fully saturated rings. The predicted octanol–water partition coefficient (Wildman–Crippen LogP) is 6.09. The molecule has 0 aliphatic carbocycles. The van der Waals surface area contributed by atoms with E-state index in [1.807, 2.05) is 37.5 Å². The second-order valence-electron chi connectivity index (χ2n) is 7.08. The Hall–Kier alpha value is -2.22. The van der Waals surface area contributed by atoms with Crippen molar-refractivity contribution < 1.29 is 9.53 Å². The first-order valence-electron chi connectivity index (χ1n) is 9.83. The molecule has 0 aliphatic rings.